The summed E-state index contributed by atoms with van der Waals surface area (Å²) in [6, 6.07) is 7.47. The Morgan fingerprint density at radius 2 is 1.80 bits per heavy atom. The second-order valence-corrected chi connectivity index (χ2v) is 8.11. The van der Waals surface area contributed by atoms with Crippen LogP contribution in [-0.4, -0.2) is 34.0 Å². The molecule has 0 radical (unpaired) electrons. The number of unbranched alkanes of at least 4 members (excludes halogenated alkanes) is 2. The summed E-state index contributed by atoms with van der Waals surface area (Å²) in [4.78, 5) is 4.21. The number of nitrogens with zero attached hydrogens (tertiary/aromatic N) is 1. The summed E-state index contributed by atoms with van der Waals surface area (Å²) in [7, 11) is -1.61. The number of sulfonamides is 1. The molecule has 3 N–H and O–H groups in total. The zero-order valence-electron chi connectivity index (χ0n) is 15.8. The van der Waals surface area contributed by atoms with Crippen molar-refractivity contribution in [2.75, 3.05) is 13.6 Å². The number of nitrogens with one attached hydrogen (secondary N) is 3. The van der Waals surface area contributed by atoms with Crippen LogP contribution in [0.2, 0.25) is 0 Å². The Bertz CT molecular complexity index is 642. The van der Waals surface area contributed by atoms with Crippen molar-refractivity contribution < 1.29 is 8.42 Å². The van der Waals surface area contributed by atoms with Crippen LogP contribution in [0.1, 0.15) is 51.2 Å². The third kappa shape index (κ3) is 8.88. The molecule has 0 saturated carbocycles. The SMILES string of the molecule is CCCCCNC(=NC)NCc1ccccc1CS(=O)(=O)NC(C)C. The average Bonchev–Trinajstić information content (AvgIpc) is 2.54. The fourth-order valence-corrected chi connectivity index (χ4v) is 3.95. The largest absolute Gasteiger partial charge is 0.356 e. The number of hydrogen-bond acceptors (Lipinski definition) is 3. The first-order valence-corrected chi connectivity index (χ1v) is 10.5. The van der Waals surface area contributed by atoms with Gasteiger partial charge >= 0.3 is 0 Å². The first-order chi connectivity index (χ1) is 11.9. The van der Waals surface area contributed by atoms with Gasteiger partial charge in [-0.3, -0.25) is 4.99 Å². The standard InChI is InChI=1S/C18H32N4O2S/c1-5-6-9-12-20-18(19-4)21-13-16-10-7-8-11-17(16)14-25(23,24)22-15(2)3/h7-8,10-11,15,22H,5-6,9,12-14H2,1-4H3,(H2,19,20,21). The zero-order valence-corrected chi connectivity index (χ0v) is 16.6. The van der Waals surface area contributed by atoms with E-state index in [0.29, 0.717) is 6.54 Å². The molecule has 0 aliphatic carbocycles. The zero-order chi connectivity index (χ0) is 18.7. The minimum absolute atomic E-state index is 0.0223. The molecule has 0 atom stereocenters. The van der Waals surface area contributed by atoms with Crippen LogP contribution < -0.4 is 15.4 Å². The topological polar surface area (TPSA) is 82.6 Å². The molecule has 0 spiro atoms. The van der Waals surface area contributed by atoms with Gasteiger partial charge in [0.05, 0.1) is 5.75 Å². The summed E-state index contributed by atoms with van der Waals surface area (Å²) in [5.41, 5.74) is 1.75. The van der Waals surface area contributed by atoms with Gasteiger partial charge < -0.3 is 10.6 Å². The van der Waals surface area contributed by atoms with Gasteiger partial charge in [-0.05, 0) is 31.4 Å². The van der Waals surface area contributed by atoms with Gasteiger partial charge in [0.2, 0.25) is 10.0 Å². The van der Waals surface area contributed by atoms with Crippen LogP contribution in [0.15, 0.2) is 29.3 Å². The van der Waals surface area contributed by atoms with Crippen LogP contribution in [0.5, 0.6) is 0 Å². The van der Waals surface area contributed by atoms with Gasteiger partial charge in [-0.2, -0.15) is 0 Å². The van der Waals surface area contributed by atoms with Gasteiger partial charge in [-0.25, -0.2) is 13.1 Å². The van der Waals surface area contributed by atoms with Crippen molar-refractivity contribution in [2.24, 2.45) is 4.99 Å². The maximum absolute atomic E-state index is 12.2. The highest BCUT2D eigenvalue weighted by molar-refractivity contribution is 7.88. The van der Waals surface area contributed by atoms with Gasteiger partial charge in [-0.1, -0.05) is 44.0 Å². The van der Waals surface area contributed by atoms with Crippen molar-refractivity contribution >= 4 is 16.0 Å². The number of benzene rings is 1. The van der Waals surface area contributed by atoms with Crippen LogP contribution in [0, 0.1) is 0 Å². The summed E-state index contributed by atoms with van der Waals surface area (Å²) in [5, 5.41) is 6.53. The van der Waals surface area contributed by atoms with Crippen molar-refractivity contribution in [1.82, 2.24) is 15.4 Å². The molecule has 142 valence electrons. The van der Waals surface area contributed by atoms with E-state index in [1.54, 1.807) is 7.05 Å². The highest BCUT2D eigenvalue weighted by Crippen LogP contribution is 2.12. The van der Waals surface area contributed by atoms with E-state index in [0.717, 1.165) is 30.1 Å². The maximum atomic E-state index is 12.2. The Hall–Kier alpha value is -1.60. The van der Waals surface area contributed by atoms with Gasteiger partial charge in [-0.15, -0.1) is 0 Å². The molecule has 0 saturated heterocycles. The van der Waals surface area contributed by atoms with Crippen molar-refractivity contribution in [3.63, 3.8) is 0 Å². The van der Waals surface area contributed by atoms with E-state index in [4.69, 9.17) is 0 Å². The first kappa shape index (κ1) is 21.4. The van der Waals surface area contributed by atoms with E-state index in [1.165, 1.54) is 12.8 Å². The molecule has 0 amide bonds. The highest BCUT2D eigenvalue weighted by atomic mass is 32.2. The van der Waals surface area contributed by atoms with E-state index in [1.807, 2.05) is 38.1 Å². The van der Waals surface area contributed by atoms with Crippen LogP contribution in [0.25, 0.3) is 0 Å². The van der Waals surface area contributed by atoms with E-state index < -0.39 is 10.0 Å². The minimum Gasteiger partial charge on any atom is -0.356 e. The number of rotatable bonds is 10. The predicted molar refractivity (Wildman–Crippen MR) is 105 cm³/mol. The molecule has 0 aromatic heterocycles. The van der Waals surface area contributed by atoms with Crippen molar-refractivity contribution in [2.45, 2.75) is 58.4 Å². The lowest BCUT2D eigenvalue weighted by Gasteiger charge is -2.15. The Balaban J connectivity index is 2.67. The van der Waals surface area contributed by atoms with Crippen LogP contribution in [0.4, 0.5) is 0 Å². The summed E-state index contributed by atoms with van der Waals surface area (Å²) < 4.78 is 27.0. The summed E-state index contributed by atoms with van der Waals surface area (Å²) in [5.74, 6) is 0.708. The third-order valence-electron chi connectivity index (χ3n) is 3.62. The van der Waals surface area contributed by atoms with Gasteiger partial charge in [0.15, 0.2) is 5.96 Å². The lowest BCUT2D eigenvalue weighted by Crippen LogP contribution is -2.37. The Labute approximate surface area is 152 Å². The minimum atomic E-state index is -3.34. The van der Waals surface area contributed by atoms with E-state index >= 15 is 0 Å². The molecule has 0 bridgehead atoms. The molecule has 0 heterocycles. The van der Waals surface area contributed by atoms with Gasteiger partial charge in [0, 0.05) is 26.2 Å². The monoisotopic (exact) mass is 368 g/mol. The van der Waals surface area contributed by atoms with Crippen LogP contribution in [0.3, 0.4) is 0 Å². The number of guanidine groups is 1. The molecule has 6 nitrogen and oxygen atoms in total. The summed E-state index contributed by atoms with van der Waals surface area (Å²) >= 11 is 0. The van der Waals surface area contributed by atoms with E-state index in [9.17, 15) is 8.42 Å². The first-order valence-electron chi connectivity index (χ1n) is 8.89. The fraction of sp³-hybridized carbons (Fsp3) is 0.611. The van der Waals surface area contributed by atoms with Crippen LogP contribution in [-0.2, 0) is 22.3 Å². The normalized spacial score (nSPS) is 12.4. The Morgan fingerprint density at radius 1 is 1.12 bits per heavy atom. The second-order valence-electron chi connectivity index (χ2n) is 6.36. The maximum Gasteiger partial charge on any atom is 0.216 e. The highest BCUT2D eigenvalue weighted by Gasteiger charge is 2.15. The van der Waals surface area contributed by atoms with Gasteiger partial charge in [0.25, 0.3) is 0 Å². The van der Waals surface area contributed by atoms with Crippen molar-refractivity contribution in [1.29, 1.82) is 0 Å². The van der Waals surface area contributed by atoms with Gasteiger partial charge in [0.1, 0.15) is 0 Å². The molecule has 0 unspecified atom stereocenters. The Morgan fingerprint density at radius 3 is 2.40 bits per heavy atom. The molecular weight excluding hydrogens is 336 g/mol. The fourth-order valence-electron chi connectivity index (χ4n) is 2.46. The molecular formula is C18H32N4O2S. The molecule has 1 aromatic carbocycles. The molecule has 0 aliphatic rings. The lowest BCUT2D eigenvalue weighted by atomic mass is 10.1. The second kappa shape index (κ2) is 11.1. The molecule has 0 fully saturated rings. The molecule has 0 aliphatic heterocycles. The Kier molecular flexibility index (Phi) is 9.52. The van der Waals surface area contributed by atoms with Crippen LogP contribution >= 0.6 is 0 Å². The number of hydrogen-bond donors (Lipinski definition) is 3. The molecule has 7 heteroatoms. The summed E-state index contributed by atoms with van der Waals surface area (Å²) in [6.07, 6.45) is 3.47. The predicted octanol–water partition coefficient (Wildman–Crippen LogP) is 2.37. The third-order valence-corrected chi connectivity index (χ3v) is 5.14. The molecule has 1 rings (SSSR count). The van der Waals surface area contributed by atoms with E-state index in [-0.39, 0.29) is 11.8 Å². The molecule has 25 heavy (non-hydrogen) atoms. The van der Waals surface area contributed by atoms with E-state index in [2.05, 4.69) is 27.3 Å². The van der Waals surface area contributed by atoms with Crippen molar-refractivity contribution in [3.05, 3.63) is 35.4 Å². The molecule has 1 aromatic rings. The quantitative estimate of drug-likeness (QED) is 0.336. The van der Waals surface area contributed by atoms with Crippen molar-refractivity contribution in [3.8, 4) is 0 Å². The average molecular weight is 369 g/mol. The summed E-state index contributed by atoms with van der Waals surface area (Å²) in [6.45, 7) is 7.22. The number of aliphatic imine (C=N–C) groups is 1. The smallest absolute Gasteiger partial charge is 0.216 e. The lowest BCUT2D eigenvalue weighted by molar-refractivity contribution is 0.568.